The van der Waals surface area contributed by atoms with Gasteiger partial charge in [-0.3, -0.25) is 14.4 Å². The maximum absolute atomic E-state index is 13.4. The highest BCUT2D eigenvalue weighted by atomic mass is 19.1. The molecule has 0 aromatic heterocycles. The van der Waals surface area contributed by atoms with Crippen LogP contribution < -0.4 is 20.7 Å². The van der Waals surface area contributed by atoms with Crippen molar-refractivity contribution in [3.8, 4) is 5.75 Å². The molecule has 3 N–H and O–H groups in total. The van der Waals surface area contributed by atoms with E-state index in [1.165, 1.54) is 17.0 Å². The molecule has 0 aliphatic carbocycles. The van der Waals surface area contributed by atoms with Crippen molar-refractivity contribution in [1.29, 1.82) is 0 Å². The quantitative estimate of drug-likeness (QED) is 0.571. The highest BCUT2D eigenvalue weighted by molar-refractivity contribution is 5.91. The third kappa shape index (κ3) is 8.55. The smallest absolute Gasteiger partial charge is 0.242 e. The Balaban J connectivity index is 1.82. The van der Waals surface area contributed by atoms with Gasteiger partial charge in [-0.25, -0.2) is 4.39 Å². The average molecular weight is 527 g/mol. The normalized spacial score (nSPS) is 22.5. The molecule has 1 aliphatic rings. The number of carbonyl (C=O) groups is 3. The summed E-state index contributed by atoms with van der Waals surface area (Å²) in [5.74, 6) is -0.618. The molecule has 8 nitrogen and oxygen atoms in total. The molecule has 3 amide bonds. The van der Waals surface area contributed by atoms with Gasteiger partial charge in [0.2, 0.25) is 17.7 Å². The first-order valence-corrected chi connectivity index (χ1v) is 13.2. The van der Waals surface area contributed by atoms with Crippen LogP contribution >= 0.6 is 0 Å². The maximum atomic E-state index is 13.4. The Hall–Kier alpha value is -3.46. The number of aryl methyl sites for hydroxylation is 1. The van der Waals surface area contributed by atoms with Crippen LogP contribution in [-0.4, -0.2) is 67.5 Å². The Morgan fingerprint density at radius 1 is 1.08 bits per heavy atom. The van der Waals surface area contributed by atoms with Crippen molar-refractivity contribution >= 4 is 17.7 Å². The number of fused-ring (bicyclic) bond motifs is 1. The van der Waals surface area contributed by atoms with Gasteiger partial charge in [-0.15, -0.1) is 0 Å². The number of hydrogen-bond donors (Lipinski definition) is 3. The molecule has 9 heteroatoms. The van der Waals surface area contributed by atoms with Crippen molar-refractivity contribution in [2.75, 3.05) is 26.7 Å². The molecular weight excluding hydrogens is 487 g/mol. The molecule has 3 rings (SSSR count). The van der Waals surface area contributed by atoms with Crippen LogP contribution in [0.2, 0.25) is 0 Å². The number of para-hydroxylation sites is 1. The molecule has 2 aromatic rings. The fourth-order valence-corrected chi connectivity index (χ4v) is 4.43. The van der Waals surface area contributed by atoms with Crippen LogP contribution in [0.15, 0.2) is 48.5 Å². The molecule has 0 radical (unpaired) electrons. The number of halogens is 1. The lowest BCUT2D eigenvalue weighted by Gasteiger charge is -2.29. The van der Waals surface area contributed by atoms with E-state index in [-0.39, 0.29) is 42.6 Å². The van der Waals surface area contributed by atoms with Crippen LogP contribution in [0.25, 0.3) is 0 Å². The molecule has 0 spiro atoms. The van der Waals surface area contributed by atoms with Gasteiger partial charge in [-0.1, -0.05) is 44.2 Å². The first-order chi connectivity index (χ1) is 18.1. The molecule has 0 bridgehead atoms. The molecule has 0 saturated heterocycles. The van der Waals surface area contributed by atoms with Crippen molar-refractivity contribution in [2.24, 2.45) is 5.92 Å². The number of hydrogen-bond acceptors (Lipinski definition) is 5. The summed E-state index contributed by atoms with van der Waals surface area (Å²) in [6, 6.07) is 12.2. The Morgan fingerprint density at radius 2 is 1.79 bits per heavy atom. The van der Waals surface area contributed by atoms with Crippen LogP contribution in [0, 0.1) is 11.7 Å². The van der Waals surface area contributed by atoms with Crippen molar-refractivity contribution in [2.45, 2.75) is 58.2 Å². The van der Waals surface area contributed by atoms with Crippen LogP contribution in [0.1, 0.15) is 38.3 Å². The summed E-state index contributed by atoms with van der Waals surface area (Å²) >= 11 is 0. The van der Waals surface area contributed by atoms with E-state index in [2.05, 4.69) is 16.0 Å². The summed E-state index contributed by atoms with van der Waals surface area (Å²) in [6.07, 6.45) is 1.39. The summed E-state index contributed by atoms with van der Waals surface area (Å²) in [7, 11) is 1.57. The number of nitrogens with one attached hydrogen (secondary N) is 3. The van der Waals surface area contributed by atoms with Gasteiger partial charge in [0, 0.05) is 26.6 Å². The predicted octanol–water partition coefficient (Wildman–Crippen LogP) is 2.46. The predicted molar refractivity (Wildman–Crippen MR) is 144 cm³/mol. The molecule has 1 heterocycles. The third-order valence-electron chi connectivity index (χ3n) is 6.54. The van der Waals surface area contributed by atoms with Crippen LogP contribution in [0.3, 0.4) is 0 Å². The third-order valence-corrected chi connectivity index (χ3v) is 6.54. The lowest BCUT2D eigenvalue weighted by Crippen LogP contribution is -2.54. The first kappa shape index (κ1) is 29.1. The second kappa shape index (κ2) is 13.9. The van der Waals surface area contributed by atoms with Crippen molar-refractivity contribution in [3.63, 3.8) is 0 Å². The largest absolute Gasteiger partial charge is 0.489 e. The van der Waals surface area contributed by atoms with Crippen LogP contribution in [0.4, 0.5) is 4.39 Å². The van der Waals surface area contributed by atoms with Gasteiger partial charge in [-0.2, -0.15) is 0 Å². The van der Waals surface area contributed by atoms with E-state index in [4.69, 9.17) is 4.74 Å². The van der Waals surface area contributed by atoms with Gasteiger partial charge < -0.3 is 25.6 Å². The monoisotopic (exact) mass is 526 g/mol. The minimum Gasteiger partial charge on any atom is -0.489 e. The van der Waals surface area contributed by atoms with Gasteiger partial charge >= 0.3 is 0 Å². The standard InChI is InChI=1S/C29H39FN4O4/c1-19(2)27-29(37)34(4)18-26(35)33-24(16-21-11-13-23(30)14-12-21)28(36)31-15-7-9-22-8-5-6-10-25(22)38-20(3)17-32-27/h5-6,8,10-14,19-20,24,27,32H,7,9,15-18H2,1-4H3,(H,31,36)(H,33,35)/t20-,24-,27+/m1/s1. The zero-order chi connectivity index (χ0) is 27.7. The van der Waals surface area contributed by atoms with E-state index in [1.54, 1.807) is 19.2 Å². The molecule has 1 aliphatic heterocycles. The topological polar surface area (TPSA) is 99.8 Å². The lowest BCUT2D eigenvalue weighted by molar-refractivity contribution is -0.138. The van der Waals surface area contributed by atoms with E-state index in [0.29, 0.717) is 31.5 Å². The minimum atomic E-state index is -0.870. The number of benzene rings is 2. The van der Waals surface area contributed by atoms with Crippen LogP contribution in [0.5, 0.6) is 5.75 Å². The zero-order valence-electron chi connectivity index (χ0n) is 22.6. The zero-order valence-corrected chi connectivity index (χ0v) is 22.6. The van der Waals surface area contributed by atoms with Crippen molar-refractivity contribution < 1.29 is 23.5 Å². The Morgan fingerprint density at radius 3 is 2.50 bits per heavy atom. The fourth-order valence-electron chi connectivity index (χ4n) is 4.43. The summed E-state index contributed by atoms with van der Waals surface area (Å²) in [6.45, 7) is 6.50. The molecule has 38 heavy (non-hydrogen) atoms. The van der Waals surface area contributed by atoms with E-state index >= 15 is 0 Å². The number of likely N-dealkylation sites (N-methyl/N-ethyl adjacent to an activating group) is 1. The summed E-state index contributed by atoms with van der Waals surface area (Å²) in [5, 5.41) is 8.99. The Bertz CT molecular complexity index is 1090. The minimum absolute atomic E-state index is 0.0184. The van der Waals surface area contributed by atoms with Gasteiger partial charge in [0.15, 0.2) is 0 Å². The van der Waals surface area contributed by atoms with Gasteiger partial charge in [0.05, 0.1) is 12.6 Å². The number of amides is 3. The second-order valence-corrected chi connectivity index (χ2v) is 10.2. The Labute approximate surface area is 224 Å². The van der Waals surface area contributed by atoms with Gasteiger partial charge in [0.25, 0.3) is 0 Å². The molecule has 2 aromatic carbocycles. The summed E-state index contributed by atoms with van der Waals surface area (Å²) in [4.78, 5) is 40.6. The highest BCUT2D eigenvalue weighted by Crippen LogP contribution is 2.21. The van der Waals surface area contributed by atoms with E-state index < -0.39 is 18.0 Å². The molecule has 0 fully saturated rings. The second-order valence-electron chi connectivity index (χ2n) is 10.2. The Kier molecular flexibility index (Phi) is 10.6. The molecule has 0 unspecified atom stereocenters. The number of rotatable bonds is 3. The fraction of sp³-hybridized carbons (Fsp3) is 0.483. The number of carbonyl (C=O) groups excluding carboxylic acids is 3. The first-order valence-electron chi connectivity index (χ1n) is 13.2. The van der Waals surface area contributed by atoms with Crippen LogP contribution in [-0.2, 0) is 27.2 Å². The number of ether oxygens (including phenoxy) is 1. The van der Waals surface area contributed by atoms with E-state index in [0.717, 1.165) is 11.3 Å². The highest BCUT2D eigenvalue weighted by Gasteiger charge is 2.28. The molecule has 206 valence electrons. The SMILES string of the molecule is CC(C)[C@@H]1NC[C@@H](C)Oc2ccccc2CCCNC(=O)[C@@H](Cc2ccc(F)cc2)NC(=O)CN(C)C1=O. The summed E-state index contributed by atoms with van der Waals surface area (Å²) < 4.78 is 19.6. The lowest BCUT2D eigenvalue weighted by atomic mass is 10.0. The molecular formula is C29H39FN4O4. The average Bonchev–Trinajstić information content (AvgIpc) is 2.87. The van der Waals surface area contributed by atoms with E-state index in [9.17, 15) is 18.8 Å². The van der Waals surface area contributed by atoms with Gasteiger partial charge in [-0.05, 0) is 55.0 Å². The maximum Gasteiger partial charge on any atom is 0.242 e. The van der Waals surface area contributed by atoms with Crippen molar-refractivity contribution in [1.82, 2.24) is 20.9 Å². The van der Waals surface area contributed by atoms with Gasteiger partial charge in [0.1, 0.15) is 23.7 Å². The van der Waals surface area contributed by atoms with E-state index in [1.807, 2.05) is 45.0 Å². The molecule has 0 saturated carbocycles. The summed E-state index contributed by atoms with van der Waals surface area (Å²) in [5.41, 5.74) is 1.74. The molecule has 3 atom stereocenters. The number of nitrogens with zero attached hydrogens (tertiary/aromatic N) is 1. The van der Waals surface area contributed by atoms with Crippen molar-refractivity contribution in [3.05, 3.63) is 65.5 Å².